The lowest BCUT2D eigenvalue weighted by molar-refractivity contribution is -0.150. The minimum atomic E-state index is -0.198. The van der Waals surface area contributed by atoms with Gasteiger partial charge in [0.1, 0.15) is 12.6 Å². The molecule has 1 aromatic carbocycles. The number of unbranched alkanes of at least 4 members (excludes halogenated alkanes) is 3. The number of likely N-dealkylation sites (N-methyl/N-ethyl adjacent to an activating group) is 1. The molecule has 0 saturated carbocycles. The molecule has 0 bridgehead atoms. The number of benzene rings is 1. The van der Waals surface area contributed by atoms with E-state index >= 15 is 0 Å². The molecular weight excluding hydrogens is 300 g/mol. The summed E-state index contributed by atoms with van der Waals surface area (Å²) >= 11 is 0. The van der Waals surface area contributed by atoms with Crippen LogP contribution >= 0.6 is 0 Å². The third-order valence-electron chi connectivity index (χ3n) is 4.22. The van der Waals surface area contributed by atoms with Crippen LogP contribution in [-0.4, -0.2) is 43.1 Å². The van der Waals surface area contributed by atoms with Crippen LogP contribution in [0.25, 0.3) is 0 Å². The van der Waals surface area contributed by atoms with Crippen molar-refractivity contribution in [3.8, 4) is 0 Å². The van der Waals surface area contributed by atoms with E-state index < -0.39 is 0 Å². The molecule has 0 aliphatic rings. The van der Waals surface area contributed by atoms with Gasteiger partial charge in [-0.3, -0.25) is 9.69 Å². The fraction of sp³-hybridized carbons (Fsp3) is 0.650. The second-order valence-electron chi connectivity index (χ2n) is 6.77. The molecule has 0 saturated heterocycles. The van der Waals surface area contributed by atoms with E-state index in [1.807, 2.05) is 44.3 Å². The van der Waals surface area contributed by atoms with Crippen LogP contribution in [0.5, 0.6) is 0 Å². The molecule has 0 aliphatic heterocycles. The van der Waals surface area contributed by atoms with E-state index in [-0.39, 0.29) is 12.0 Å². The van der Waals surface area contributed by atoms with Gasteiger partial charge in [-0.2, -0.15) is 0 Å². The van der Waals surface area contributed by atoms with Crippen molar-refractivity contribution in [3.63, 3.8) is 0 Å². The van der Waals surface area contributed by atoms with Crippen LogP contribution in [0.3, 0.4) is 0 Å². The molecule has 4 nitrogen and oxygen atoms in total. The fourth-order valence-corrected chi connectivity index (χ4v) is 2.45. The Labute approximate surface area is 147 Å². The molecule has 4 heteroatoms. The van der Waals surface area contributed by atoms with E-state index in [2.05, 4.69) is 24.1 Å². The Morgan fingerprint density at radius 3 is 2.42 bits per heavy atom. The highest BCUT2D eigenvalue weighted by Crippen LogP contribution is 2.07. The lowest BCUT2D eigenvalue weighted by atomic mass is 10.1. The predicted octanol–water partition coefficient (Wildman–Crippen LogP) is 3.61. The van der Waals surface area contributed by atoms with Gasteiger partial charge >= 0.3 is 5.97 Å². The average molecular weight is 335 g/mol. The summed E-state index contributed by atoms with van der Waals surface area (Å²) in [6.45, 7) is 8.63. The molecular formula is C20H34N2O2. The maximum Gasteiger partial charge on any atom is 0.323 e. The Morgan fingerprint density at radius 1 is 1.08 bits per heavy atom. The van der Waals surface area contributed by atoms with E-state index in [0.29, 0.717) is 12.6 Å². The molecule has 0 radical (unpaired) electrons. The molecule has 0 aromatic heterocycles. The van der Waals surface area contributed by atoms with E-state index in [0.717, 1.165) is 25.1 Å². The van der Waals surface area contributed by atoms with Crippen LogP contribution in [0.4, 0.5) is 0 Å². The quantitative estimate of drug-likeness (QED) is 0.468. The summed E-state index contributed by atoms with van der Waals surface area (Å²) in [6.07, 6.45) is 4.78. The molecule has 0 heterocycles. The second kappa shape index (κ2) is 12.0. The summed E-state index contributed by atoms with van der Waals surface area (Å²) in [5.74, 6) is -0.150. The van der Waals surface area contributed by atoms with Gasteiger partial charge in [-0.05, 0) is 45.5 Å². The van der Waals surface area contributed by atoms with Crippen molar-refractivity contribution in [1.82, 2.24) is 10.2 Å². The zero-order valence-corrected chi connectivity index (χ0v) is 15.8. The molecule has 1 N–H and O–H groups in total. The summed E-state index contributed by atoms with van der Waals surface area (Å²) in [6, 6.07) is 10.2. The highest BCUT2D eigenvalue weighted by Gasteiger charge is 2.19. The normalized spacial score (nSPS) is 12.6. The van der Waals surface area contributed by atoms with Gasteiger partial charge in [0.25, 0.3) is 0 Å². The van der Waals surface area contributed by atoms with Crippen molar-refractivity contribution in [3.05, 3.63) is 35.9 Å². The number of ether oxygens (including phenoxy) is 1. The van der Waals surface area contributed by atoms with Crippen LogP contribution in [-0.2, 0) is 16.1 Å². The topological polar surface area (TPSA) is 41.6 Å². The van der Waals surface area contributed by atoms with E-state index in [1.165, 1.54) is 19.3 Å². The van der Waals surface area contributed by atoms with Crippen LogP contribution in [0.1, 0.15) is 52.0 Å². The van der Waals surface area contributed by atoms with Gasteiger partial charge in [-0.25, -0.2) is 0 Å². The van der Waals surface area contributed by atoms with Crippen molar-refractivity contribution in [2.24, 2.45) is 0 Å². The first-order chi connectivity index (χ1) is 11.5. The van der Waals surface area contributed by atoms with Crippen LogP contribution in [0, 0.1) is 0 Å². The second-order valence-corrected chi connectivity index (χ2v) is 6.77. The maximum absolute atomic E-state index is 12.1. The van der Waals surface area contributed by atoms with Crippen LogP contribution in [0.15, 0.2) is 30.3 Å². The summed E-state index contributed by atoms with van der Waals surface area (Å²) in [5, 5.41) is 3.43. The molecule has 0 amide bonds. The molecule has 0 fully saturated rings. The van der Waals surface area contributed by atoms with Gasteiger partial charge in [0.05, 0.1) is 0 Å². The summed E-state index contributed by atoms with van der Waals surface area (Å²) < 4.78 is 5.40. The fourth-order valence-electron chi connectivity index (χ4n) is 2.45. The van der Waals surface area contributed by atoms with E-state index in [1.54, 1.807) is 0 Å². The summed E-state index contributed by atoms with van der Waals surface area (Å²) in [4.78, 5) is 14.2. The molecule has 0 spiro atoms. The number of nitrogens with one attached hydrogen (secondary N) is 1. The number of nitrogens with zero attached hydrogens (tertiary/aromatic N) is 1. The average Bonchev–Trinajstić information content (AvgIpc) is 2.58. The number of carbonyl (C=O) groups is 1. The third-order valence-corrected chi connectivity index (χ3v) is 4.22. The van der Waals surface area contributed by atoms with Gasteiger partial charge in [0.2, 0.25) is 0 Å². The highest BCUT2D eigenvalue weighted by atomic mass is 16.5. The first-order valence-corrected chi connectivity index (χ1v) is 9.15. The Morgan fingerprint density at radius 2 is 1.75 bits per heavy atom. The zero-order chi connectivity index (χ0) is 17.8. The van der Waals surface area contributed by atoms with Gasteiger partial charge in [-0.1, -0.05) is 57.0 Å². The van der Waals surface area contributed by atoms with Crippen molar-refractivity contribution in [1.29, 1.82) is 0 Å². The minimum absolute atomic E-state index is 0.150. The lowest BCUT2D eigenvalue weighted by Crippen LogP contribution is -2.37. The summed E-state index contributed by atoms with van der Waals surface area (Å²) in [5.41, 5.74) is 1.02. The number of hydrogen-bond donors (Lipinski definition) is 1. The van der Waals surface area contributed by atoms with Crippen LogP contribution < -0.4 is 5.32 Å². The smallest absolute Gasteiger partial charge is 0.323 e. The van der Waals surface area contributed by atoms with Gasteiger partial charge in [0.15, 0.2) is 0 Å². The first kappa shape index (κ1) is 20.7. The molecule has 0 unspecified atom stereocenters. The van der Waals surface area contributed by atoms with E-state index in [9.17, 15) is 4.79 Å². The SMILES string of the molecule is CC(C)NCCCCCCN(C)[C@H](C)C(=O)OCc1ccccc1. The number of carbonyl (C=O) groups excluding carboxylic acids is 1. The minimum Gasteiger partial charge on any atom is -0.460 e. The van der Waals surface area contributed by atoms with E-state index in [4.69, 9.17) is 4.74 Å². The lowest BCUT2D eigenvalue weighted by Gasteiger charge is -2.23. The molecule has 1 rings (SSSR count). The molecule has 0 aliphatic carbocycles. The van der Waals surface area contributed by atoms with Gasteiger partial charge < -0.3 is 10.1 Å². The monoisotopic (exact) mass is 334 g/mol. The Balaban J connectivity index is 2.12. The number of esters is 1. The largest absolute Gasteiger partial charge is 0.460 e. The maximum atomic E-state index is 12.1. The van der Waals surface area contributed by atoms with Crippen molar-refractivity contribution >= 4 is 5.97 Å². The molecule has 24 heavy (non-hydrogen) atoms. The van der Waals surface area contributed by atoms with Gasteiger partial charge in [-0.15, -0.1) is 0 Å². The predicted molar refractivity (Wildman–Crippen MR) is 99.9 cm³/mol. The highest BCUT2D eigenvalue weighted by molar-refractivity contribution is 5.75. The number of rotatable bonds is 12. The van der Waals surface area contributed by atoms with Crippen molar-refractivity contribution in [2.45, 2.75) is 65.1 Å². The number of hydrogen-bond acceptors (Lipinski definition) is 4. The van der Waals surface area contributed by atoms with Crippen molar-refractivity contribution in [2.75, 3.05) is 20.1 Å². The zero-order valence-electron chi connectivity index (χ0n) is 15.8. The Bertz CT molecular complexity index is 448. The van der Waals surface area contributed by atoms with Crippen molar-refractivity contribution < 1.29 is 9.53 Å². The van der Waals surface area contributed by atoms with Crippen LogP contribution in [0.2, 0.25) is 0 Å². The Kier molecular flexibility index (Phi) is 10.4. The molecule has 1 aromatic rings. The molecule has 1 atom stereocenters. The standard InChI is InChI=1S/C20H34N2O2/c1-17(2)21-14-10-5-6-11-15-22(4)18(3)20(23)24-16-19-12-8-7-9-13-19/h7-9,12-13,17-18,21H,5-6,10-11,14-16H2,1-4H3/t18-/m1/s1. The van der Waals surface area contributed by atoms with Gasteiger partial charge in [0, 0.05) is 6.04 Å². The third kappa shape index (κ3) is 9.04. The Hall–Kier alpha value is -1.39. The molecule has 136 valence electrons. The first-order valence-electron chi connectivity index (χ1n) is 9.15. The summed E-state index contributed by atoms with van der Waals surface area (Å²) in [7, 11) is 1.99.